The van der Waals surface area contributed by atoms with Gasteiger partial charge in [-0.2, -0.15) is 0 Å². The molecule has 0 radical (unpaired) electrons. The number of halogens is 1. The molecular formula is C10H14IN3O. The average molecular weight is 319 g/mol. The van der Waals surface area contributed by atoms with E-state index < -0.39 is 0 Å². The first-order valence-electron chi connectivity index (χ1n) is 4.84. The van der Waals surface area contributed by atoms with Crippen LogP contribution in [0.25, 0.3) is 0 Å². The van der Waals surface area contributed by atoms with Gasteiger partial charge in [0.25, 0.3) is 0 Å². The molecule has 82 valence electrons. The van der Waals surface area contributed by atoms with E-state index in [1.807, 2.05) is 19.9 Å². The molecule has 1 aromatic heterocycles. The third-order valence-electron chi connectivity index (χ3n) is 2.01. The second-order valence-electron chi connectivity index (χ2n) is 2.96. The summed E-state index contributed by atoms with van der Waals surface area (Å²) in [5.74, 6) is 0.590. The fourth-order valence-corrected chi connectivity index (χ4v) is 1.47. The number of pyridine rings is 1. The molecule has 0 fully saturated rings. The first kappa shape index (κ1) is 12.2. The molecule has 0 spiro atoms. The number of nitrogens with one attached hydrogen (secondary N) is 1. The zero-order valence-corrected chi connectivity index (χ0v) is 11.0. The van der Waals surface area contributed by atoms with Crippen molar-refractivity contribution < 1.29 is 4.79 Å². The van der Waals surface area contributed by atoms with Crippen molar-refractivity contribution in [2.24, 2.45) is 0 Å². The van der Waals surface area contributed by atoms with Gasteiger partial charge in [0.2, 0.25) is 0 Å². The van der Waals surface area contributed by atoms with Gasteiger partial charge in [-0.05, 0) is 48.6 Å². The summed E-state index contributed by atoms with van der Waals surface area (Å²) in [7, 11) is 0. The van der Waals surface area contributed by atoms with Crippen LogP contribution in [0, 0.1) is 3.57 Å². The molecule has 0 saturated carbocycles. The van der Waals surface area contributed by atoms with E-state index in [1.54, 1.807) is 17.2 Å². The number of rotatable bonds is 3. The predicted molar refractivity (Wildman–Crippen MR) is 68.9 cm³/mol. The Morgan fingerprint density at radius 1 is 1.47 bits per heavy atom. The lowest BCUT2D eigenvalue weighted by atomic mass is 10.4. The molecule has 0 bridgehead atoms. The minimum atomic E-state index is -0.103. The molecule has 0 aliphatic rings. The number of nitrogens with zero attached hydrogens (tertiary/aromatic N) is 2. The van der Waals surface area contributed by atoms with Crippen molar-refractivity contribution in [1.29, 1.82) is 0 Å². The van der Waals surface area contributed by atoms with Gasteiger partial charge in [-0.3, -0.25) is 5.32 Å². The van der Waals surface area contributed by atoms with E-state index in [2.05, 4.69) is 32.9 Å². The molecule has 0 atom stereocenters. The summed E-state index contributed by atoms with van der Waals surface area (Å²) in [5.41, 5.74) is 0. The van der Waals surface area contributed by atoms with E-state index in [0.717, 1.165) is 3.57 Å². The molecule has 0 aliphatic carbocycles. The van der Waals surface area contributed by atoms with Crippen LogP contribution in [-0.2, 0) is 0 Å². The summed E-state index contributed by atoms with van der Waals surface area (Å²) >= 11 is 2.17. The smallest absolute Gasteiger partial charge is 0.322 e. The number of hydrogen-bond donors (Lipinski definition) is 1. The van der Waals surface area contributed by atoms with E-state index >= 15 is 0 Å². The molecule has 5 heteroatoms. The molecule has 0 saturated heterocycles. The Labute approximate surface area is 103 Å². The standard InChI is InChI=1S/C10H14IN3O/c1-3-14(4-2)10(15)13-9-6-5-8(11)7-12-9/h5-7H,3-4H2,1-2H3,(H,12,13,15). The average Bonchev–Trinajstić information content (AvgIpc) is 2.23. The number of anilines is 1. The van der Waals surface area contributed by atoms with Crippen molar-refractivity contribution in [2.75, 3.05) is 18.4 Å². The lowest BCUT2D eigenvalue weighted by molar-refractivity contribution is 0.217. The fourth-order valence-electron chi connectivity index (χ4n) is 1.15. The van der Waals surface area contributed by atoms with E-state index in [4.69, 9.17) is 0 Å². The van der Waals surface area contributed by atoms with Gasteiger partial charge in [-0.25, -0.2) is 9.78 Å². The molecule has 0 unspecified atom stereocenters. The summed E-state index contributed by atoms with van der Waals surface area (Å²) in [6.07, 6.45) is 1.72. The second kappa shape index (κ2) is 5.89. The highest BCUT2D eigenvalue weighted by atomic mass is 127. The fraction of sp³-hybridized carbons (Fsp3) is 0.400. The molecule has 1 heterocycles. The van der Waals surface area contributed by atoms with Crippen LogP contribution in [0.4, 0.5) is 10.6 Å². The zero-order chi connectivity index (χ0) is 11.3. The van der Waals surface area contributed by atoms with Crippen LogP contribution in [0.5, 0.6) is 0 Å². The first-order chi connectivity index (χ1) is 7.17. The maximum atomic E-state index is 11.6. The SMILES string of the molecule is CCN(CC)C(=O)Nc1ccc(I)cn1. The van der Waals surface area contributed by atoms with Gasteiger partial charge >= 0.3 is 6.03 Å². The van der Waals surface area contributed by atoms with Gasteiger partial charge in [0.15, 0.2) is 0 Å². The third-order valence-corrected chi connectivity index (χ3v) is 2.65. The van der Waals surface area contributed by atoms with Gasteiger partial charge < -0.3 is 4.90 Å². The normalized spacial score (nSPS) is 9.80. The predicted octanol–water partition coefficient (Wildman–Crippen LogP) is 2.56. The van der Waals surface area contributed by atoms with Gasteiger partial charge in [0.1, 0.15) is 5.82 Å². The Morgan fingerprint density at radius 3 is 2.60 bits per heavy atom. The van der Waals surface area contributed by atoms with Crippen molar-refractivity contribution in [1.82, 2.24) is 9.88 Å². The summed E-state index contributed by atoms with van der Waals surface area (Å²) in [6.45, 7) is 5.30. The van der Waals surface area contributed by atoms with E-state index in [9.17, 15) is 4.79 Å². The summed E-state index contributed by atoms with van der Waals surface area (Å²) in [5, 5.41) is 2.74. The van der Waals surface area contributed by atoms with Crippen molar-refractivity contribution in [3.05, 3.63) is 21.9 Å². The van der Waals surface area contributed by atoms with Gasteiger partial charge in [0, 0.05) is 22.9 Å². The van der Waals surface area contributed by atoms with Crippen LogP contribution in [0.1, 0.15) is 13.8 Å². The number of hydrogen-bond acceptors (Lipinski definition) is 2. The molecule has 1 aromatic rings. The molecule has 2 amide bonds. The Kier molecular flexibility index (Phi) is 4.80. The Hall–Kier alpha value is -0.850. The first-order valence-corrected chi connectivity index (χ1v) is 5.92. The quantitative estimate of drug-likeness (QED) is 0.871. The van der Waals surface area contributed by atoms with E-state index in [0.29, 0.717) is 18.9 Å². The molecule has 15 heavy (non-hydrogen) atoms. The summed E-state index contributed by atoms with van der Waals surface area (Å²) < 4.78 is 1.05. The molecule has 1 N–H and O–H groups in total. The minimum Gasteiger partial charge on any atom is -0.325 e. The lowest BCUT2D eigenvalue weighted by Crippen LogP contribution is -2.34. The summed E-state index contributed by atoms with van der Waals surface area (Å²) in [6, 6.07) is 3.60. The van der Waals surface area contributed by atoms with Crippen LogP contribution >= 0.6 is 22.6 Å². The van der Waals surface area contributed by atoms with Crippen molar-refractivity contribution >= 4 is 34.4 Å². The molecule has 4 nitrogen and oxygen atoms in total. The number of urea groups is 1. The Balaban J connectivity index is 2.61. The molecule has 1 rings (SSSR count). The maximum absolute atomic E-state index is 11.6. The van der Waals surface area contributed by atoms with Gasteiger partial charge in [0.05, 0.1) is 0 Å². The Bertz CT molecular complexity index is 322. The van der Waals surface area contributed by atoms with Crippen LogP contribution in [-0.4, -0.2) is 29.0 Å². The molecule has 0 aromatic carbocycles. The van der Waals surface area contributed by atoms with E-state index in [1.165, 1.54) is 0 Å². The Morgan fingerprint density at radius 2 is 2.13 bits per heavy atom. The lowest BCUT2D eigenvalue weighted by Gasteiger charge is -2.18. The highest BCUT2D eigenvalue weighted by molar-refractivity contribution is 14.1. The molecule has 0 aliphatic heterocycles. The number of carbonyl (C=O) groups is 1. The largest absolute Gasteiger partial charge is 0.325 e. The van der Waals surface area contributed by atoms with Crippen molar-refractivity contribution in [3.63, 3.8) is 0 Å². The van der Waals surface area contributed by atoms with Crippen LogP contribution in [0.15, 0.2) is 18.3 Å². The number of carbonyl (C=O) groups excluding carboxylic acids is 1. The maximum Gasteiger partial charge on any atom is 0.322 e. The second-order valence-corrected chi connectivity index (χ2v) is 4.21. The third kappa shape index (κ3) is 3.65. The molecular weight excluding hydrogens is 305 g/mol. The highest BCUT2D eigenvalue weighted by Gasteiger charge is 2.09. The number of aromatic nitrogens is 1. The van der Waals surface area contributed by atoms with Crippen LogP contribution in [0.3, 0.4) is 0 Å². The minimum absolute atomic E-state index is 0.103. The zero-order valence-electron chi connectivity index (χ0n) is 8.83. The van der Waals surface area contributed by atoms with Crippen molar-refractivity contribution in [2.45, 2.75) is 13.8 Å². The number of amides is 2. The van der Waals surface area contributed by atoms with Crippen LogP contribution < -0.4 is 5.32 Å². The van der Waals surface area contributed by atoms with Gasteiger partial charge in [-0.1, -0.05) is 0 Å². The highest BCUT2D eigenvalue weighted by Crippen LogP contribution is 2.07. The summed E-state index contributed by atoms with van der Waals surface area (Å²) in [4.78, 5) is 17.4. The van der Waals surface area contributed by atoms with Gasteiger partial charge in [-0.15, -0.1) is 0 Å². The topological polar surface area (TPSA) is 45.2 Å². The van der Waals surface area contributed by atoms with E-state index in [-0.39, 0.29) is 6.03 Å². The monoisotopic (exact) mass is 319 g/mol. The van der Waals surface area contributed by atoms with Crippen molar-refractivity contribution in [3.8, 4) is 0 Å². The van der Waals surface area contributed by atoms with Crippen LogP contribution in [0.2, 0.25) is 0 Å².